The maximum absolute atomic E-state index is 12.9. The molecule has 0 aliphatic rings. The van der Waals surface area contributed by atoms with E-state index >= 15 is 0 Å². The van der Waals surface area contributed by atoms with Crippen molar-refractivity contribution in [1.82, 2.24) is 14.9 Å². The number of nitro groups is 1. The highest BCUT2D eigenvalue weighted by Gasteiger charge is 2.23. The van der Waals surface area contributed by atoms with E-state index in [0.717, 1.165) is 0 Å². The van der Waals surface area contributed by atoms with Gasteiger partial charge in [0.15, 0.2) is 0 Å². The van der Waals surface area contributed by atoms with E-state index in [9.17, 15) is 29.5 Å². The van der Waals surface area contributed by atoms with E-state index in [1.807, 2.05) is 0 Å². The number of carbonyl (C=O) groups excluding carboxylic acids is 2. The van der Waals surface area contributed by atoms with Crippen LogP contribution in [-0.2, 0) is 15.9 Å². The van der Waals surface area contributed by atoms with Gasteiger partial charge in [-0.1, -0.05) is 12.1 Å². The first kappa shape index (κ1) is 27.2. The number of rotatable bonds is 11. The number of allylic oxidation sites excluding steroid dienone is 1. The SMILES string of the molecule is C=P(O)(O)OCC/C(SC(=O)c1ccccc1[N+](=O)[O-])=C(\C)N(C=O)Cc1cnc(C)nc1N. The Balaban J connectivity index is 2.40. The third kappa shape index (κ3) is 7.75. The molecule has 14 heteroatoms. The summed E-state index contributed by atoms with van der Waals surface area (Å²) in [5.74, 6) is 0.649. The Morgan fingerprint density at radius 2 is 2.09 bits per heavy atom. The van der Waals surface area contributed by atoms with Crippen LogP contribution >= 0.6 is 19.3 Å². The fourth-order valence-corrected chi connectivity index (χ4v) is 4.12. The van der Waals surface area contributed by atoms with Gasteiger partial charge in [0, 0.05) is 34.8 Å². The molecular weight excluding hydrogens is 485 g/mol. The number of nitro benzene ring substituents is 1. The molecule has 0 radical (unpaired) electrons. The molecule has 1 amide bonds. The second-order valence-corrected chi connectivity index (χ2v) is 9.64. The summed E-state index contributed by atoms with van der Waals surface area (Å²) in [4.78, 5) is 64.0. The van der Waals surface area contributed by atoms with Gasteiger partial charge in [-0.3, -0.25) is 19.7 Å². The highest BCUT2D eigenvalue weighted by molar-refractivity contribution is 8.17. The van der Waals surface area contributed by atoms with Crippen LogP contribution in [-0.4, -0.2) is 54.0 Å². The van der Waals surface area contributed by atoms with Gasteiger partial charge >= 0.3 is 0 Å². The number of hydrogen-bond donors (Lipinski definition) is 3. The number of amides is 1. The molecule has 0 aliphatic heterocycles. The predicted octanol–water partition coefficient (Wildman–Crippen LogP) is 2.62. The molecule has 0 unspecified atom stereocenters. The number of aromatic nitrogens is 2. The van der Waals surface area contributed by atoms with Gasteiger partial charge in [-0.25, -0.2) is 9.97 Å². The minimum atomic E-state index is -3.78. The molecule has 2 rings (SSSR count). The highest BCUT2D eigenvalue weighted by atomic mass is 32.2. The van der Waals surface area contributed by atoms with Crippen molar-refractivity contribution < 1.29 is 28.8 Å². The van der Waals surface area contributed by atoms with Crippen molar-refractivity contribution in [1.29, 1.82) is 0 Å². The molecule has 4 N–H and O–H groups in total. The number of nitrogens with zero attached hydrogens (tertiary/aromatic N) is 4. The van der Waals surface area contributed by atoms with E-state index in [1.54, 1.807) is 13.8 Å². The summed E-state index contributed by atoms with van der Waals surface area (Å²) in [6, 6.07) is 5.48. The van der Waals surface area contributed by atoms with Crippen LogP contribution in [0.3, 0.4) is 0 Å². The van der Waals surface area contributed by atoms with Gasteiger partial charge in [0.2, 0.25) is 19.1 Å². The van der Waals surface area contributed by atoms with E-state index in [4.69, 9.17) is 10.3 Å². The number of aryl methyl sites for hydroxylation is 1. The van der Waals surface area contributed by atoms with E-state index in [2.05, 4.69) is 16.3 Å². The molecule has 1 aromatic heterocycles. The van der Waals surface area contributed by atoms with Gasteiger partial charge in [0.1, 0.15) is 17.2 Å². The van der Waals surface area contributed by atoms with Gasteiger partial charge in [-0.15, -0.1) is 0 Å². The van der Waals surface area contributed by atoms with Gasteiger partial charge in [-0.05, 0) is 38.0 Å². The predicted molar refractivity (Wildman–Crippen MR) is 130 cm³/mol. The largest absolute Gasteiger partial charge is 0.383 e. The standard InChI is InChI=1S/C20H24N5O7PS/c1-13(24(12-26)11-15-10-22-14(2)23-19(15)21)18(8-9-32-33(3,30)31)34-20(27)16-6-4-5-7-17(16)25(28)29/h4-7,10,12,30-31H,3,8-9,11H2,1-2H3,(H2,21,22,23)/b18-13-. The van der Waals surface area contributed by atoms with Crippen LogP contribution in [0.5, 0.6) is 0 Å². The van der Waals surface area contributed by atoms with Crippen molar-refractivity contribution in [2.75, 3.05) is 12.3 Å². The lowest BCUT2D eigenvalue weighted by Gasteiger charge is -2.22. The first-order valence-electron chi connectivity index (χ1n) is 9.71. The quantitative estimate of drug-likeness (QED) is 0.175. The van der Waals surface area contributed by atoms with Crippen molar-refractivity contribution in [3.8, 4) is 0 Å². The van der Waals surface area contributed by atoms with E-state index in [0.29, 0.717) is 40.2 Å². The molecule has 0 aliphatic carbocycles. The summed E-state index contributed by atoms with van der Waals surface area (Å²) < 4.78 is 4.92. The lowest BCUT2D eigenvalue weighted by Crippen LogP contribution is -2.22. The molecule has 0 saturated heterocycles. The summed E-state index contributed by atoms with van der Waals surface area (Å²) in [6.07, 6.45) is 5.12. The number of nitrogen functional groups attached to an aromatic ring is 1. The third-order valence-corrected chi connectivity index (χ3v) is 6.23. The van der Waals surface area contributed by atoms with Crippen molar-refractivity contribution in [3.63, 3.8) is 0 Å². The lowest BCUT2D eigenvalue weighted by molar-refractivity contribution is -0.385. The Hall–Kier alpha value is -3.09. The van der Waals surface area contributed by atoms with Crippen LogP contribution in [0.1, 0.15) is 35.1 Å². The number of benzene rings is 1. The molecule has 182 valence electrons. The summed E-state index contributed by atoms with van der Waals surface area (Å²) >= 11 is 0.671. The number of hydrogen-bond acceptors (Lipinski definition) is 11. The third-order valence-electron chi connectivity index (χ3n) is 4.48. The van der Waals surface area contributed by atoms with Crippen LogP contribution in [0, 0.1) is 17.0 Å². The van der Waals surface area contributed by atoms with Crippen LogP contribution in [0.4, 0.5) is 11.5 Å². The topological polar surface area (TPSA) is 182 Å². The Bertz CT molecular complexity index is 1170. The summed E-state index contributed by atoms with van der Waals surface area (Å²) in [5, 5.41) is 10.7. The Morgan fingerprint density at radius 3 is 2.68 bits per heavy atom. The first-order chi connectivity index (χ1) is 15.9. The summed E-state index contributed by atoms with van der Waals surface area (Å²) in [6.45, 7) is 3.01. The minimum absolute atomic E-state index is 0.00168. The minimum Gasteiger partial charge on any atom is -0.383 e. The van der Waals surface area contributed by atoms with Crippen LogP contribution < -0.4 is 5.73 Å². The molecule has 0 bridgehead atoms. The van der Waals surface area contributed by atoms with Gasteiger partial charge in [0.25, 0.3) is 5.69 Å². The molecule has 12 nitrogen and oxygen atoms in total. The average molecular weight is 509 g/mol. The molecule has 0 spiro atoms. The smallest absolute Gasteiger partial charge is 0.281 e. The Morgan fingerprint density at radius 1 is 1.41 bits per heavy atom. The zero-order chi connectivity index (χ0) is 25.5. The molecule has 1 aromatic carbocycles. The van der Waals surface area contributed by atoms with E-state index < -0.39 is 17.6 Å². The van der Waals surface area contributed by atoms with Gasteiger partial charge in [-0.2, -0.15) is 0 Å². The number of para-hydroxylation sites is 1. The Kier molecular flexibility index (Phi) is 9.47. The molecule has 2 aromatic rings. The van der Waals surface area contributed by atoms with Crippen molar-refractivity contribution in [3.05, 3.63) is 68.1 Å². The fraction of sp³-hybridized carbons (Fsp3) is 0.250. The second kappa shape index (κ2) is 11.9. The van der Waals surface area contributed by atoms with Crippen molar-refractivity contribution in [2.24, 2.45) is 0 Å². The second-order valence-electron chi connectivity index (χ2n) is 6.98. The van der Waals surface area contributed by atoms with E-state index in [-0.39, 0.29) is 36.6 Å². The first-order valence-corrected chi connectivity index (χ1v) is 12.3. The van der Waals surface area contributed by atoms with Gasteiger partial charge in [0.05, 0.1) is 18.1 Å². The number of thioether (sulfide) groups is 1. The van der Waals surface area contributed by atoms with E-state index in [1.165, 1.54) is 35.4 Å². The number of carbonyl (C=O) groups is 2. The van der Waals surface area contributed by atoms with Crippen LogP contribution in [0.15, 0.2) is 41.1 Å². The van der Waals surface area contributed by atoms with Gasteiger partial charge < -0.3 is 24.9 Å². The maximum Gasteiger partial charge on any atom is 0.281 e. The lowest BCUT2D eigenvalue weighted by atomic mass is 10.2. The fourth-order valence-electron chi connectivity index (χ4n) is 2.78. The number of anilines is 1. The maximum atomic E-state index is 12.9. The van der Waals surface area contributed by atoms with Crippen LogP contribution in [0.2, 0.25) is 0 Å². The van der Waals surface area contributed by atoms with Crippen molar-refractivity contribution in [2.45, 2.75) is 26.8 Å². The highest BCUT2D eigenvalue weighted by Crippen LogP contribution is 2.37. The number of nitrogens with two attached hydrogens (primary N) is 1. The molecule has 0 atom stereocenters. The van der Waals surface area contributed by atoms with Crippen molar-refractivity contribution >= 4 is 48.7 Å². The monoisotopic (exact) mass is 509 g/mol. The summed E-state index contributed by atoms with van der Waals surface area (Å²) in [7, 11) is -3.78. The zero-order valence-electron chi connectivity index (χ0n) is 18.4. The normalized spacial score (nSPS) is 12.1. The summed E-state index contributed by atoms with van der Waals surface area (Å²) in [5.41, 5.74) is 6.23. The average Bonchev–Trinajstić information content (AvgIpc) is 2.76. The molecule has 0 fully saturated rings. The molecule has 34 heavy (non-hydrogen) atoms. The van der Waals surface area contributed by atoms with Crippen LogP contribution in [0.25, 0.3) is 0 Å². The molecule has 1 heterocycles. The molecular formula is C20H24N5O7PS. The zero-order valence-corrected chi connectivity index (χ0v) is 20.2. The Labute approximate surface area is 199 Å². The molecule has 0 saturated carbocycles.